The van der Waals surface area contributed by atoms with Crippen molar-refractivity contribution in [1.82, 2.24) is 9.97 Å². The minimum atomic E-state index is -0.934. The van der Waals surface area contributed by atoms with Crippen molar-refractivity contribution in [3.05, 3.63) is 18.1 Å². The van der Waals surface area contributed by atoms with Gasteiger partial charge in [-0.05, 0) is 11.5 Å². The Morgan fingerprint density at radius 1 is 1.56 bits per heavy atom. The highest BCUT2D eigenvalue weighted by Gasteiger charge is 2.20. The number of carbonyl (C=O) groups is 1. The van der Waals surface area contributed by atoms with Gasteiger partial charge in [0.25, 0.3) is 0 Å². The molecule has 96 valence electrons. The Balaban J connectivity index is 3.01. The second kappa shape index (κ2) is 5.45. The molecule has 0 radical (unpaired) electrons. The normalized spacial score (nSPS) is 10.8. The molecule has 0 spiro atoms. The molecule has 0 fully saturated rings. The summed E-state index contributed by atoms with van der Waals surface area (Å²) in [5.74, 6) is -0.438. The lowest BCUT2D eigenvalue weighted by Crippen LogP contribution is -2.37. The van der Waals surface area contributed by atoms with Crippen molar-refractivity contribution in [1.29, 1.82) is 5.26 Å². The predicted molar refractivity (Wildman–Crippen MR) is 66.1 cm³/mol. The zero-order valence-electron chi connectivity index (χ0n) is 10.7. The van der Waals surface area contributed by atoms with Gasteiger partial charge in [-0.3, -0.25) is 4.79 Å². The molecule has 0 bridgehead atoms. The zero-order valence-corrected chi connectivity index (χ0v) is 10.7. The van der Waals surface area contributed by atoms with Gasteiger partial charge in [-0.15, -0.1) is 0 Å². The summed E-state index contributed by atoms with van der Waals surface area (Å²) < 4.78 is 0. The number of carboxylic acids is 1. The van der Waals surface area contributed by atoms with E-state index in [0.29, 0.717) is 12.4 Å². The van der Waals surface area contributed by atoms with Gasteiger partial charge < -0.3 is 10.0 Å². The Labute approximate surface area is 106 Å². The van der Waals surface area contributed by atoms with Gasteiger partial charge in [0.1, 0.15) is 18.4 Å². The van der Waals surface area contributed by atoms with Gasteiger partial charge in [-0.2, -0.15) is 5.26 Å². The SMILES string of the molecule is CC(C)(C)CN(CC(=O)O)c1ccnc(C#N)n1. The summed E-state index contributed by atoms with van der Waals surface area (Å²) in [6, 6.07) is 3.45. The Bertz CT molecular complexity index is 474. The lowest BCUT2D eigenvalue weighted by atomic mass is 9.96. The van der Waals surface area contributed by atoms with Gasteiger partial charge in [-0.25, -0.2) is 9.97 Å². The number of rotatable bonds is 4. The van der Waals surface area contributed by atoms with E-state index in [0.717, 1.165) is 0 Å². The molecular weight excluding hydrogens is 232 g/mol. The molecule has 1 heterocycles. The molecule has 1 aromatic heterocycles. The molecule has 6 nitrogen and oxygen atoms in total. The minimum absolute atomic E-state index is 0.0387. The molecular formula is C12H16N4O2. The van der Waals surface area contributed by atoms with Crippen LogP contribution in [0.4, 0.5) is 5.82 Å². The van der Waals surface area contributed by atoms with Gasteiger partial charge in [0.15, 0.2) is 0 Å². The number of nitriles is 1. The fraction of sp³-hybridized carbons (Fsp3) is 0.500. The first-order valence-electron chi connectivity index (χ1n) is 5.52. The molecule has 0 aliphatic carbocycles. The van der Waals surface area contributed by atoms with Gasteiger partial charge in [0.2, 0.25) is 5.82 Å². The molecule has 6 heteroatoms. The third-order valence-electron chi connectivity index (χ3n) is 2.06. The molecule has 1 N–H and O–H groups in total. The number of nitrogens with zero attached hydrogens (tertiary/aromatic N) is 4. The molecule has 0 unspecified atom stereocenters. The third kappa shape index (κ3) is 4.37. The second-order valence-electron chi connectivity index (χ2n) is 5.16. The number of anilines is 1. The topological polar surface area (TPSA) is 90.1 Å². The van der Waals surface area contributed by atoms with Crippen LogP contribution in [0.2, 0.25) is 0 Å². The van der Waals surface area contributed by atoms with E-state index in [1.165, 1.54) is 6.20 Å². The van der Waals surface area contributed by atoms with E-state index >= 15 is 0 Å². The highest BCUT2D eigenvalue weighted by atomic mass is 16.4. The standard InChI is InChI=1S/C12H16N4O2/c1-12(2,3)8-16(7-11(17)18)10-4-5-14-9(6-13)15-10/h4-5H,7-8H2,1-3H3,(H,17,18). The van der Waals surface area contributed by atoms with Crippen LogP contribution < -0.4 is 4.90 Å². The average molecular weight is 248 g/mol. The van der Waals surface area contributed by atoms with E-state index < -0.39 is 5.97 Å². The molecule has 18 heavy (non-hydrogen) atoms. The fourth-order valence-electron chi connectivity index (χ4n) is 1.53. The summed E-state index contributed by atoms with van der Waals surface area (Å²) in [5, 5.41) is 17.7. The maximum Gasteiger partial charge on any atom is 0.323 e. The van der Waals surface area contributed by atoms with E-state index in [4.69, 9.17) is 10.4 Å². The summed E-state index contributed by atoms with van der Waals surface area (Å²) in [4.78, 5) is 20.3. The predicted octanol–water partition coefficient (Wildman–Crippen LogP) is 1.29. The molecule has 1 aromatic rings. The monoisotopic (exact) mass is 248 g/mol. The lowest BCUT2D eigenvalue weighted by molar-refractivity contribution is -0.135. The first-order chi connectivity index (χ1) is 8.31. The van der Waals surface area contributed by atoms with Crippen molar-refractivity contribution in [2.24, 2.45) is 5.41 Å². The molecule has 1 rings (SSSR count). The van der Waals surface area contributed by atoms with Crippen LogP contribution in [0.5, 0.6) is 0 Å². The van der Waals surface area contributed by atoms with Crippen molar-refractivity contribution in [2.45, 2.75) is 20.8 Å². The third-order valence-corrected chi connectivity index (χ3v) is 2.06. The van der Waals surface area contributed by atoms with Crippen molar-refractivity contribution >= 4 is 11.8 Å². The number of aromatic nitrogens is 2. The molecule has 0 amide bonds. The van der Waals surface area contributed by atoms with Crippen LogP contribution in [-0.2, 0) is 4.79 Å². The number of hydrogen-bond acceptors (Lipinski definition) is 5. The van der Waals surface area contributed by atoms with Crippen LogP contribution >= 0.6 is 0 Å². The van der Waals surface area contributed by atoms with Crippen LogP contribution in [-0.4, -0.2) is 34.1 Å². The summed E-state index contributed by atoms with van der Waals surface area (Å²) in [6.45, 7) is 6.40. The molecule has 0 saturated heterocycles. The highest BCUT2D eigenvalue weighted by molar-refractivity contribution is 5.73. The summed E-state index contributed by atoms with van der Waals surface area (Å²) >= 11 is 0. The summed E-state index contributed by atoms with van der Waals surface area (Å²) in [7, 11) is 0. The summed E-state index contributed by atoms with van der Waals surface area (Å²) in [5.41, 5.74) is -0.0762. The van der Waals surface area contributed by atoms with Gasteiger partial charge >= 0.3 is 5.97 Å². The van der Waals surface area contributed by atoms with E-state index in [2.05, 4.69) is 9.97 Å². The first kappa shape index (κ1) is 13.9. The number of aliphatic carboxylic acids is 1. The van der Waals surface area contributed by atoms with E-state index in [1.807, 2.05) is 26.8 Å². The van der Waals surface area contributed by atoms with Gasteiger partial charge in [0, 0.05) is 12.7 Å². The highest BCUT2D eigenvalue weighted by Crippen LogP contribution is 2.19. The number of hydrogen-bond donors (Lipinski definition) is 1. The van der Waals surface area contributed by atoms with Crippen LogP contribution in [0.3, 0.4) is 0 Å². The Hall–Kier alpha value is -2.16. The zero-order chi connectivity index (χ0) is 13.8. The Kier molecular flexibility index (Phi) is 4.21. The second-order valence-corrected chi connectivity index (χ2v) is 5.16. The van der Waals surface area contributed by atoms with Crippen molar-refractivity contribution in [3.8, 4) is 6.07 Å². The average Bonchev–Trinajstić information content (AvgIpc) is 2.26. The van der Waals surface area contributed by atoms with E-state index in [1.54, 1.807) is 11.0 Å². The minimum Gasteiger partial charge on any atom is -0.480 e. The summed E-state index contributed by atoms with van der Waals surface area (Å²) in [6.07, 6.45) is 1.46. The maximum atomic E-state index is 10.9. The van der Waals surface area contributed by atoms with Gasteiger partial charge in [0.05, 0.1) is 0 Å². The maximum absolute atomic E-state index is 10.9. The molecule has 0 saturated carbocycles. The van der Waals surface area contributed by atoms with Crippen molar-refractivity contribution in [2.75, 3.05) is 18.0 Å². The molecule has 0 aliphatic rings. The van der Waals surface area contributed by atoms with Crippen LogP contribution in [0.25, 0.3) is 0 Å². The molecule has 0 aromatic carbocycles. The van der Waals surface area contributed by atoms with Crippen LogP contribution in [0.15, 0.2) is 12.3 Å². The van der Waals surface area contributed by atoms with Crippen molar-refractivity contribution in [3.63, 3.8) is 0 Å². The van der Waals surface area contributed by atoms with Crippen LogP contribution in [0.1, 0.15) is 26.6 Å². The van der Waals surface area contributed by atoms with Crippen LogP contribution in [0, 0.1) is 16.7 Å². The lowest BCUT2D eigenvalue weighted by Gasteiger charge is -2.29. The van der Waals surface area contributed by atoms with Crippen molar-refractivity contribution < 1.29 is 9.90 Å². The molecule has 0 atom stereocenters. The number of carboxylic acid groups (broad SMARTS) is 1. The molecule has 0 aliphatic heterocycles. The first-order valence-corrected chi connectivity index (χ1v) is 5.52. The quantitative estimate of drug-likeness (QED) is 0.863. The smallest absolute Gasteiger partial charge is 0.323 e. The Morgan fingerprint density at radius 3 is 2.72 bits per heavy atom. The largest absolute Gasteiger partial charge is 0.480 e. The van der Waals surface area contributed by atoms with E-state index in [-0.39, 0.29) is 17.8 Å². The van der Waals surface area contributed by atoms with Gasteiger partial charge in [-0.1, -0.05) is 20.8 Å². The van der Waals surface area contributed by atoms with E-state index in [9.17, 15) is 4.79 Å². The fourth-order valence-corrected chi connectivity index (χ4v) is 1.53. The Morgan fingerprint density at radius 2 is 2.22 bits per heavy atom.